The number of halogens is 2. The number of hydrogen-bond donors (Lipinski definition) is 3. The molecule has 0 saturated carbocycles. The van der Waals surface area contributed by atoms with E-state index in [2.05, 4.69) is 19.9 Å². The van der Waals surface area contributed by atoms with Gasteiger partial charge in [0.15, 0.2) is 11.2 Å². The van der Waals surface area contributed by atoms with Gasteiger partial charge in [0.2, 0.25) is 5.95 Å². The van der Waals surface area contributed by atoms with Gasteiger partial charge in [-0.15, -0.1) is 0 Å². The summed E-state index contributed by atoms with van der Waals surface area (Å²) in [5, 5.41) is 0. The molecule has 0 amide bonds. The van der Waals surface area contributed by atoms with Gasteiger partial charge in [-0.25, -0.2) is 13.8 Å². The molecular weight excluding hydrogens is 268 g/mol. The third-order valence-corrected chi connectivity index (χ3v) is 2.80. The molecular formula is C12H9F2N5O. The molecule has 0 bridgehead atoms. The Morgan fingerprint density at radius 1 is 1.20 bits per heavy atom. The zero-order valence-electron chi connectivity index (χ0n) is 10.1. The third kappa shape index (κ3) is 2.11. The molecule has 1 aromatic carbocycles. The minimum absolute atomic E-state index is 0.0477. The van der Waals surface area contributed by atoms with Crippen LogP contribution in [-0.4, -0.2) is 19.9 Å². The molecule has 0 aliphatic heterocycles. The van der Waals surface area contributed by atoms with E-state index in [0.717, 1.165) is 12.1 Å². The van der Waals surface area contributed by atoms with Crippen molar-refractivity contribution < 1.29 is 8.78 Å². The Morgan fingerprint density at radius 3 is 2.75 bits per heavy atom. The molecule has 3 rings (SSSR count). The lowest BCUT2D eigenvalue weighted by atomic mass is 10.1. The highest BCUT2D eigenvalue weighted by atomic mass is 19.1. The Morgan fingerprint density at radius 2 is 2.00 bits per heavy atom. The van der Waals surface area contributed by atoms with E-state index in [1.165, 1.54) is 6.07 Å². The third-order valence-electron chi connectivity index (χ3n) is 2.80. The summed E-state index contributed by atoms with van der Waals surface area (Å²) >= 11 is 0. The van der Waals surface area contributed by atoms with Gasteiger partial charge in [-0.1, -0.05) is 6.07 Å². The van der Waals surface area contributed by atoms with Crippen LogP contribution in [-0.2, 0) is 6.42 Å². The van der Waals surface area contributed by atoms with Gasteiger partial charge >= 0.3 is 0 Å². The van der Waals surface area contributed by atoms with E-state index < -0.39 is 17.2 Å². The van der Waals surface area contributed by atoms with Crippen molar-refractivity contribution in [1.82, 2.24) is 19.9 Å². The maximum Gasteiger partial charge on any atom is 0.278 e. The Bertz CT molecular complexity index is 855. The summed E-state index contributed by atoms with van der Waals surface area (Å²) in [5.74, 6) is -1.03. The second-order valence-corrected chi connectivity index (χ2v) is 4.25. The molecule has 20 heavy (non-hydrogen) atoms. The van der Waals surface area contributed by atoms with Crippen LogP contribution in [0.15, 0.2) is 23.0 Å². The summed E-state index contributed by atoms with van der Waals surface area (Å²) in [6.07, 6.45) is 0.0851. The standard InChI is InChI=1S/C12H9F2N5O/c13-6-2-1-5(7(14)4-6)3-8-16-9-10(17-8)18-12(15)19-11(9)20/h1-2,4H,3H2,(H4,15,16,17,18,19,20). The molecule has 6 nitrogen and oxygen atoms in total. The number of rotatable bonds is 2. The van der Waals surface area contributed by atoms with Crippen molar-refractivity contribution in [2.45, 2.75) is 6.42 Å². The van der Waals surface area contributed by atoms with E-state index in [0.29, 0.717) is 5.82 Å². The van der Waals surface area contributed by atoms with Crippen LogP contribution in [0.25, 0.3) is 11.2 Å². The average Bonchev–Trinajstić information content (AvgIpc) is 2.75. The Labute approximate surface area is 110 Å². The number of H-pyrrole nitrogens is 2. The Kier molecular flexibility index (Phi) is 2.70. The van der Waals surface area contributed by atoms with Crippen LogP contribution < -0.4 is 11.3 Å². The highest BCUT2D eigenvalue weighted by Crippen LogP contribution is 2.14. The van der Waals surface area contributed by atoms with Crippen LogP contribution in [0, 0.1) is 11.6 Å². The lowest BCUT2D eigenvalue weighted by Gasteiger charge is -2.00. The molecule has 0 saturated heterocycles. The van der Waals surface area contributed by atoms with Gasteiger partial charge in [0.05, 0.1) is 0 Å². The van der Waals surface area contributed by atoms with Crippen molar-refractivity contribution in [2.75, 3.05) is 5.73 Å². The average molecular weight is 277 g/mol. The van der Waals surface area contributed by atoms with Gasteiger partial charge in [0, 0.05) is 12.5 Å². The number of fused-ring (bicyclic) bond motifs is 1. The largest absolute Gasteiger partial charge is 0.369 e. The number of benzene rings is 1. The highest BCUT2D eigenvalue weighted by Gasteiger charge is 2.11. The summed E-state index contributed by atoms with van der Waals surface area (Å²) < 4.78 is 26.4. The Hall–Kier alpha value is -2.77. The molecule has 0 atom stereocenters. The predicted octanol–water partition coefficient (Wildman–Crippen LogP) is 1.10. The molecule has 0 spiro atoms. The monoisotopic (exact) mass is 277 g/mol. The van der Waals surface area contributed by atoms with E-state index in [-0.39, 0.29) is 29.1 Å². The first-order chi connectivity index (χ1) is 9.52. The van der Waals surface area contributed by atoms with Crippen LogP contribution in [0.2, 0.25) is 0 Å². The maximum absolute atomic E-state index is 13.5. The SMILES string of the molecule is Nc1nc2nc(Cc3ccc(F)cc3F)[nH]c2c(=O)[nH]1. The number of anilines is 1. The van der Waals surface area contributed by atoms with E-state index in [9.17, 15) is 13.6 Å². The normalized spacial score (nSPS) is 11.1. The van der Waals surface area contributed by atoms with Gasteiger partial charge < -0.3 is 10.7 Å². The number of aromatic amines is 2. The summed E-state index contributed by atoms with van der Waals surface area (Å²) in [6, 6.07) is 3.27. The van der Waals surface area contributed by atoms with Crippen LogP contribution in [0.3, 0.4) is 0 Å². The quantitative estimate of drug-likeness (QED) is 0.653. The van der Waals surface area contributed by atoms with E-state index in [1.54, 1.807) is 0 Å². The second-order valence-electron chi connectivity index (χ2n) is 4.25. The first kappa shape index (κ1) is 12.3. The molecule has 3 aromatic rings. The van der Waals surface area contributed by atoms with E-state index in [4.69, 9.17) is 5.73 Å². The number of nitrogens with one attached hydrogen (secondary N) is 2. The first-order valence-electron chi connectivity index (χ1n) is 5.71. The first-order valence-corrected chi connectivity index (χ1v) is 5.71. The number of aromatic nitrogens is 4. The predicted molar refractivity (Wildman–Crippen MR) is 68.1 cm³/mol. The minimum Gasteiger partial charge on any atom is -0.369 e. The van der Waals surface area contributed by atoms with Gasteiger partial charge in [0.1, 0.15) is 17.5 Å². The number of nitrogen functional groups attached to an aromatic ring is 1. The number of nitrogens with zero attached hydrogens (tertiary/aromatic N) is 2. The van der Waals surface area contributed by atoms with Gasteiger partial charge in [-0.2, -0.15) is 4.98 Å². The van der Waals surface area contributed by atoms with E-state index >= 15 is 0 Å². The van der Waals surface area contributed by atoms with Gasteiger partial charge in [0.25, 0.3) is 5.56 Å². The van der Waals surface area contributed by atoms with Crippen molar-refractivity contribution in [2.24, 2.45) is 0 Å². The molecule has 2 aromatic heterocycles. The molecule has 4 N–H and O–H groups in total. The zero-order chi connectivity index (χ0) is 14.3. The molecule has 0 aliphatic rings. The maximum atomic E-state index is 13.5. The Balaban J connectivity index is 2.03. The fraction of sp³-hybridized carbons (Fsp3) is 0.0833. The number of hydrogen-bond acceptors (Lipinski definition) is 4. The van der Waals surface area contributed by atoms with Crippen molar-refractivity contribution in [3.05, 3.63) is 51.6 Å². The molecule has 2 heterocycles. The van der Waals surface area contributed by atoms with Gasteiger partial charge in [-0.3, -0.25) is 9.78 Å². The fourth-order valence-corrected chi connectivity index (χ4v) is 1.90. The van der Waals surface area contributed by atoms with Crippen molar-refractivity contribution in [3.63, 3.8) is 0 Å². The fourth-order valence-electron chi connectivity index (χ4n) is 1.90. The topological polar surface area (TPSA) is 100 Å². The summed E-state index contributed by atoms with van der Waals surface area (Å²) in [5.41, 5.74) is 5.53. The van der Waals surface area contributed by atoms with Crippen molar-refractivity contribution in [1.29, 1.82) is 0 Å². The molecule has 0 radical (unpaired) electrons. The minimum atomic E-state index is -0.674. The summed E-state index contributed by atoms with van der Waals surface area (Å²) in [6.45, 7) is 0. The molecule has 0 fully saturated rings. The molecule has 8 heteroatoms. The molecule has 0 aliphatic carbocycles. The number of imidazole rings is 1. The van der Waals surface area contributed by atoms with Crippen molar-refractivity contribution in [3.8, 4) is 0 Å². The van der Waals surface area contributed by atoms with E-state index in [1.807, 2.05) is 0 Å². The van der Waals surface area contributed by atoms with Crippen LogP contribution in [0.5, 0.6) is 0 Å². The lowest BCUT2D eigenvalue weighted by molar-refractivity contribution is 0.574. The zero-order valence-corrected chi connectivity index (χ0v) is 10.1. The van der Waals surface area contributed by atoms with Crippen LogP contribution >= 0.6 is 0 Å². The van der Waals surface area contributed by atoms with Crippen molar-refractivity contribution >= 4 is 17.1 Å². The lowest BCUT2D eigenvalue weighted by Crippen LogP contribution is -2.10. The van der Waals surface area contributed by atoms with Crippen LogP contribution in [0.1, 0.15) is 11.4 Å². The summed E-state index contributed by atoms with van der Waals surface area (Å²) in [7, 11) is 0. The molecule has 0 unspecified atom stereocenters. The highest BCUT2D eigenvalue weighted by molar-refractivity contribution is 5.70. The second kappa shape index (κ2) is 4.41. The smallest absolute Gasteiger partial charge is 0.278 e. The summed E-state index contributed by atoms with van der Waals surface area (Å²) in [4.78, 5) is 24.6. The molecule has 102 valence electrons. The number of nitrogens with two attached hydrogens (primary N) is 1. The van der Waals surface area contributed by atoms with Gasteiger partial charge in [-0.05, 0) is 11.6 Å². The van der Waals surface area contributed by atoms with Crippen LogP contribution in [0.4, 0.5) is 14.7 Å².